The topological polar surface area (TPSA) is 67.6 Å². The number of anilines is 2. The molecular weight excluding hydrogens is 273 g/mol. The molecule has 1 aromatic rings. The maximum atomic E-state index is 13.0. The first-order chi connectivity index (χ1) is 10.0. The van der Waals surface area contributed by atoms with Crippen molar-refractivity contribution in [3.8, 4) is 0 Å². The molecule has 1 aromatic carbocycles. The lowest BCUT2D eigenvalue weighted by molar-refractivity contribution is -0.124. The van der Waals surface area contributed by atoms with Crippen LogP contribution in [-0.2, 0) is 9.53 Å². The summed E-state index contributed by atoms with van der Waals surface area (Å²) in [6.45, 7) is 5.95. The zero-order valence-corrected chi connectivity index (χ0v) is 12.4. The van der Waals surface area contributed by atoms with Crippen molar-refractivity contribution in [1.29, 1.82) is 0 Å². The molecular formula is C15H22FN3O2. The van der Waals surface area contributed by atoms with Gasteiger partial charge in [-0.25, -0.2) is 4.39 Å². The van der Waals surface area contributed by atoms with Gasteiger partial charge in [-0.15, -0.1) is 0 Å². The number of ether oxygens (including phenoxy) is 1. The molecule has 1 saturated heterocycles. The highest BCUT2D eigenvalue weighted by molar-refractivity contribution is 5.97. The molecule has 1 fully saturated rings. The van der Waals surface area contributed by atoms with Crippen molar-refractivity contribution in [2.45, 2.75) is 32.4 Å². The van der Waals surface area contributed by atoms with Crippen molar-refractivity contribution >= 4 is 17.3 Å². The van der Waals surface area contributed by atoms with E-state index in [0.717, 1.165) is 13.0 Å². The zero-order chi connectivity index (χ0) is 15.4. The monoisotopic (exact) mass is 295 g/mol. The van der Waals surface area contributed by atoms with Crippen LogP contribution in [0.25, 0.3) is 0 Å². The average molecular weight is 295 g/mol. The molecule has 2 unspecified atom stereocenters. The van der Waals surface area contributed by atoms with Crippen molar-refractivity contribution in [2.75, 3.05) is 30.8 Å². The predicted octanol–water partition coefficient (Wildman–Crippen LogP) is 1.85. The largest absolute Gasteiger partial charge is 0.397 e. The van der Waals surface area contributed by atoms with Gasteiger partial charge in [0.05, 0.1) is 30.6 Å². The van der Waals surface area contributed by atoms with Crippen molar-refractivity contribution < 1.29 is 13.9 Å². The second kappa shape index (κ2) is 6.87. The van der Waals surface area contributed by atoms with Crippen LogP contribution >= 0.6 is 0 Å². The summed E-state index contributed by atoms with van der Waals surface area (Å²) in [4.78, 5) is 14.5. The molecule has 6 heteroatoms. The summed E-state index contributed by atoms with van der Waals surface area (Å²) in [6, 6.07) is 3.91. The summed E-state index contributed by atoms with van der Waals surface area (Å²) in [5.74, 6) is -0.563. The predicted molar refractivity (Wildman–Crippen MR) is 80.5 cm³/mol. The van der Waals surface area contributed by atoms with Crippen LogP contribution in [0.5, 0.6) is 0 Å². The van der Waals surface area contributed by atoms with E-state index in [2.05, 4.69) is 17.1 Å². The number of carbonyl (C=O) groups excluding carboxylic acids is 1. The van der Waals surface area contributed by atoms with Gasteiger partial charge in [-0.3, -0.25) is 9.69 Å². The standard InChI is InChI=1S/C15H22FN3O2/c1-3-12-9-21-7-6-19(12)10(2)15(20)18-14-5-4-11(16)8-13(14)17/h4-5,8,10,12H,3,6-7,9,17H2,1-2H3,(H,18,20). The Morgan fingerprint density at radius 2 is 2.38 bits per heavy atom. The fourth-order valence-corrected chi connectivity index (χ4v) is 2.57. The maximum absolute atomic E-state index is 13.0. The molecule has 0 bridgehead atoms. The Kier molecular flexibility index (Phi) is 5.14. The molecule has 0 saturated carbocycles. The van der Waals surface area contributed by atoms with Gasteiger partial charge in [0, 0.05) is 12.6 Å². The van der Waals surface area contributed by atoms with Crippen LogP contribution in [0.3, 0.4) is 0 Å². The summed E-state index contributed by atoms with van der Waals surface area (Å²) < 4.78 is 18.5. The summed E-state index contributed by atoms with van der Waals surface area (Å²) in [6.07, 6.45) is 0.927. The number of nitrogens with one attached hydrogen (secondary N) is 1. The Labute approximate surface area is 124 Å². The average Bonchev–Trinajstić information content (AvgIpc) is 2.49. The van der Waals surface area contributed by atoms with Gasteiger partial charge < -0.3 is 15.8 Å². The molecule has 3 N–H and O–H groups in total. The number of nitrogens with two attached hydrogens (primary N) is 1. The van der Waals surface area contributed by atoms with Crippen molar-refractivity contribution in [2.24, 2.45) is 0 Å². The van der Waals surface area contributed by atoms with E-state index in [4.69, 9.17) is 10.5 Å². The first-order valence-corrected chi connectivity index (χ1v) is 7.22. The van der Waals surface area contributed by atoms with Gasteiger partial charge in [-0.05, 0) is 31.5 Å². The summed E-state index contributed by atoms with van der Waals surface area (Å²) in [5, 5.41) is 2.77. The molecule has 5 nitrogen and oxygen atoms in total. The second-order valence-electron chi connectivity index (χ2n) is 5.27. The van der Waals surface area contributed by atoms with E-state index in [-0.39, 0.29) is 23.7 Å². The first kappa shape index (κ1) is 15.7. The minimum atomic E-state index is -0.419. The fourth-order valence-electron chi connectivity index (χ4n) is 2.57. The van der Waals surface area contributed by atoms with Crippen LogP contribution in [0.2, 0.25) is 0 Å². The van der Waals surface area contributed by atoms with Crippen LogP contribution in [0.15, 0.2) is 18.2 Å². The van der Waals surface area contributed by atoms with Crippen LogP contribution in [0.1, 0.15) is 20.3 Å². The molecule has 0 aliphatic carbocycles. The van der Waals surface area contributed by atoms with Gasteiger partial charge >= 0.3 is 0 Å². The highest BCUT2D eigenvalue weighted by atomic mass is 19.1. The second-order valence-corrected chi connectivity index (χ2v) is 5.27. The number of halogens is 1. The number of carbonyl (C=O) groups is 1. The molecule has 1 amide bonds. The lowest BCUT2D eigenvalue weighted by atomic mass is 10.1. The summed E-state index contributed by atoms with van der Waals surface area (Å²) >= 11 is 0. The molecule has 21 heavy (non-hydrogen) atoms. The van der Waals surface area contributed by atoms with Gasteiger partial charge in [0.15, 0.2) is 0 Å². The lowest BCUT2D eigenvalue weighted by Gasteiger charge is -2.38. The number of rotatable bonds is 4. The molecule has 116 valence electrons. The molecule has 0 aromatic heterocycles. The normalized spacial score (nSPS) is 21.0. The molecule has 1 aliphatic rings. The van der Waals surface area contributed by atoms with Crippen LogP contribution in [0.4, 0.5) is 15.8 Å². The van der Waals surface area contributed by atoms with E-state index < -0.39 is 5.82 Å². The van der Waals surface area contributed by atoms with Crippen molar-refractivity contribution in [1.82, 2.24) is 4.90 Å². The summed E-state index contributed by atoms with van der Waals surface area (Å²) in [5.41, 5.74) is 6.38. The molecule has 1 aliphatic heterocycles. The van der Waals surface area contributed by atoms with Crippen molar-refractivity contribution in [3.63, 3.8) is 0 Å². The molecule has 1 heterocycles. The Morgan fingerprint density at radius 3 is 3.05 bits per heavy atom. The van der Waals surface area contributed by atoms with E-state index >= 15 is 0 Å². The van der Waals surface area contributed by atoms with Gasteiger partial charge in [-0.2, -0.15) is 0 Å². The minimum Gasteiger partial charge on any atom is -0.397 e. The number of morpholine rings is 1. The van der Waals surface area contributed by atoms with Crippen LogP contribution in [0, 0.1) is 5.82 Å². The Balaban J connectivity index is 2.04. The maximum Gasteiger partial charge on any atom is 0.241 e. The number of benzene rings is 1. The Bertz CT molecular complexity index is 510. The molecule has 2 rings (SSSR count). The minimum absolute atomic E-state index is 0.145. The molecule has 0 radical (unpaired) electrons. The Hall–Kier alpha value is -1.66. The smallest absolute Gasteiger partial charge is 0.241 e. The third kappa shape index (κ3) is 3.71. The molecule has 2 atom stereocenters. The van der Waals surface area contributed by atoms with Gasteiger partial charge in [0.2, 0.25) is 5.91 Å². The third-order valence-electron chi connectivity index (χ3n) is 3.89. The van der Waals surface area contributed by atoms with E-state index in [0.29, 0.717) is 18.9 Å². The highest BCUT2D eigenvalue weighted by Crippen LogP contribution is 2.21. The number of nitrogen functional groups attached to an aromatic ring is 1. The van der Waals surface area contributed by atoms with E-state index in [9.17, 15) is 9.18 Å². The third-order valence-corrected chi connectivity index (χ3v) is 3.89. The van der Waals surface area contributed by atoms with Crippen LogP contribution in [-0.4, -0.2) is 42.6 Å². The van der Waals surface area contributed by atoms with E-state index in [1.807, 2.05) is 6.92 Å². The number of hydrogen-bond donors (Lipinski definition) is 2. The van der Waals surface area contributed by atoms with Crippen LogP contribution < -0.4 is 11.1 Å². The van der Waals surface area contributed by atoms with Gasteiger partial charge in [-0.1, -0.05) is 6.92 Å². The first-order valence-electron chi connectivity index (χ1n) is 7.22. The SMILES string of the molecule is CCC1COCCN1C(C)C(=O)Nc1ccc(F)cc1N. The highest BCUT2D eigenvalue weighted by Gasteiger charge is 2.29. The Morgan fingerprint density at radius 1 is 1.62 bits per heavy atom. The fraction of sp³-hybridized carbons (Fsp3) is 0.533. The van der Waals surface area contributed by atoms with Crippen molar-refractivity contribution in [3.05, 3.63) is 24.0 Å². The zero-order valence-electron chi connectivity index (χ0n) is 12.4. The number of nitrogens with zero attached hydrogens (tertiary/aromatic N) is 1. The van der Waals surface area contributed by atoms with Gasteiger partial charge in [0.1, 0.15) is 5.82 Å². The lowest BCUT2D eigenvalue weighted by Crippen LogP contribution is -2.53. The number of amides is 1. The van der Waals surface area contributed by atoms with Gasteiger partial charge in [0.25, 0.3) is 0 Å². The molecule has 0 spiro atoms. The van der Waals surface area contributed by atoms with E-state index in [1.54, 1.807) is 0 Å². The summed E-state index contributed by atoms with van der Waals surface area (Å²) in [7, 11) is 0. The van der Waals surface area contributed by atoms with E-state index in [1.165, 1.54) is 18.2 Å². The number of hydrogen-bond acceptors (Lipinski definition) is 4. The quantitative estimate of drug-likeness (QED) is 0.832.